The van der Waals surface area contributed by atoms with Crippen LogP contribution in [0.1, 0.15) is 19.3 Å². The Morgan fingerprint density at radius 2 is 2.25 bits per heavy atom. The molecule has 1 amide bonds. The molecule has 108 valence electrons. The first-order valence-electron chi connectivity index (χ1n) is 6.88. The molecular weight excluding hydrogens is 281 g/mol. The van der Waals surface area contributed by atoms with Gasteiger partial charge in [-0.3, -0.25) is 15.6 Å². The van der Waals surface area contributed by atoms with E-state index in [0.717, 1.165) is 25.8 Å². The Bertz CT molecular complexity index is 525. The monoisotopic (exact) mass is 297 g/mol. The minimum atomic E-state index is -0.516. The highest BCUT2D eigenvalue weighted by atomic mass is 35.5. The number of nitrogens with one attached hydrogen (secondary N) is 3. The van der Waals surface area contributed by atoms with Gasteiger partial charge in [0.1, 0.15) is 5.82 Å². The average Bonchev–Trinajstić information content (AvgIpc) is 2.90. The summed E-state index contributed by atoms with van der Waals surface area (Å²) in [5.41, 5.74) is 6.84. The van der Waals surface area contributed by atoms with E-state index in [1.54, 1.807) is 6.07 Å². The summed E-state index contributed by atoms with van der Waals surface area (Å²) in [4.78, 5) is 12.2. The number of hydrazine groups is 1. The van der Waals surface area contributed by atoms with Crippen LogP contribution in [0.2, 0.25) is 5.02 Å². The van der Waals surface area contributed by atoms with Gasteiger partial charge in [0.15, 0.2) is 0 Å². The van der Waals surface area contributed by atoms with Gasteiger partial charge in [-0.15, -0.1) is 0 Å². The van der Waals surface area contributed by atoms with E-state index < -0.39 is 5.82 Å². The van der Waals surface area contributed by atoms with Crippen molar-refractivity contribution in [2.24, 2.45) is 11.8 Å². The van der Waals surface area contributed by atoms with E-state index in [0.29, 0.717) is 17.6 Å². The maximum Gasteiger partial charge on any atom is 0.227 e. The summed E-state index contributed by atoms with van der Waals surface area (Å²) in [5.74, 6) is -0.0485. The Labute approximate surface area is 122 Å². The molecule has 0 spiro atoms. The summed E-state index contributed by atoms with van der Waals surface area (Å²) in [6.45, 7) is 0.907. The van der Waals surface area contributed by atoms with Crippen LogP contribution >= 0.6 is 11.6 Å². The van der Waals surface area contributed by atoms with Gasteiger partial charge in [0, 0.05) is 24.2 Å². The van der Waals surface area contributed by atoms with Gasteiger partial charge >= 0.3 is 0 Å². The second kappa shape index (κ2) is 5.68. The van der Waals surface area contributed by atoms with E-state index in [9.17, 15) is 9.18 Å². The SMILES string of the molecule is O=C(Nc1ccc(Cl)c(F)c1)C1CCC2NNCC2C1. The molecule has 1 saturated heterocycles. The van der Waals surface area contributed by atoms with E-state index in [1.807, 2.05) is 0 Å². The molecule has 6 heteroatoms. The van der Waals surface area contributed by atoms with Crippen LogP contribution in [0.4, 0.5) is 10.1 Å². The van der Waals surface area contributed by atoms with Crippen molar-refractivity contribution >= 4 is 23.2 Å². The lowest BCUT2D eigenvalue weighted by Gasteiger charge is -2.29. The van der Waals surface area contributed by atoms with E-state index in [1.165, 1.54) is 12.1 Å². The van der Waals surface area contributed by atoms with Crippen LogP contribution < -0.4 is 16.2 Å². The van der Waals surface area contributed by atoms with Crippen molar-refractivity contribution in [1.29, 1.82) is 0 Å². The van der Waals surface area contributed by atoms with Gasteiger partial charge in [-0.1, -0.05) is 11.6 Å². The highest BCUT2D eigenvalue weighted by Gasteiger charge is 2.36. The quantitative estimate of drug-likeness (QED) is 0.785. The van der Waals surface area contributed by atoms with Crippen molar-refractivity contribution in [3.8, 4) is 0 Å². The third kappa shape index (κ3) is 2.80. The number of rotatable bonds is 2. The minimum Gasteiger partial charge on any atom is -0.326 e. The Morgan fingerprint density at radius 1 is 1.40 bits per heavy atom. The second-order valence-corrected chi connectivity index (χ2v) is 5.93. The predicted octanol–water partition coefficient (Wildman–Crippen LogP) is 2.31. The molecule has 2 fully saturated rings. The number of halogens is 2. The van der Waals surface area contributed by atoms with Crippen molar-refractivity contribution in [3.63, 3.8) is 0 Å². The molecule has 20 heavy (non-hydrogen) atoms. The first kappa shape index (κ1) is 13.8. The molecule has 0 aromatic heterocycles. The van der Waals surface area contributed by atoms with Crippen LogP contribution in [0.15, 0.2) is 18.2 Å². The van der Waals surface area contributed by atoms with Crippen molar-refractivity contribution in [3.05, 3.63) is 29.0 Å². The number of hydrogen-bond donors (Lipinski definition) is 3. The zero-order valence-electron chi connectivity index (χ0n) is 11.0. The molecule has 1 aliphatic carbocycles. The van der Waals surface area contributed by atoms with E-state index in [-0.39, 0.29) is 16.8 Å². The highest BCUT2D eigenvalue weighted by molar-refractivity contribution is 6.30. The smallest absolute Gasteiger partial charge is 0.227 e. The molecular formula is C14H17ClFN3O. The molecule has 3 atom stereocenters. The molecule has 1 saturated carbocycles. The normalized spacial score (nSPS) is 29.0. The summed E-state index contributed by atoms with van der Waals surface area (Å²) < 4.78 is 13.3. The van der Waals surface area contributed by atoms with Gasteiger partial charge in [-0.2, -0.15) is 0 Å². The van der Waals surface area contributed by atoms with Crippen LogP contribution in [-0.2, 0) is 4.79 Å². The standard InChI is InChI=1S/C14H17ClFN3O/c15-11-3-2-10(6-12(11)16)18-14(20)8-1-4-13-9(5-8)7-17-19-13/h2-3,6,8-9,13,17,19H,1,4-5,7H2,(H,18,20). The molecule has 4 nitrogen and oxygen atoms in total. The van der Waals surface area contributed by atoms with E-state index >= 15 is 0 Å². The summed E-state index contributed by atoms with van der Waals surface area (Å²) in [5, 5.41) is 2.84. The lowest BCUT2D eigenvalue weighted by atomic mass is 9.78. The van der Waals surface area contributed by atoms with Gasteiger partial charge in [0.25, 0.3) is 0 Å². The molecule has 1 heterocycles. The molecule has 3 unspecified atom stereocenters. The number of carbonyl (C=O) groups is 1. The molecule has 1 aromatic carbocycles. The van der Waals surface area contributed by atoms with Crippen molar-refractivity contribution in [1.82, 2.24) is 10.9 Å². The summed E-state index contributed by atoms with van der Waals surface area (Å²) in [6.07, 6.45) is 2.72. The minimum absolute atomic E-state index is 0.00307. The van der Waals surface area contributed by atoms with Gasteiger partial charge in [-0.05, 0) is 43.4 Å². The van der Waals surface area contributed by atoms with Crippen molar-refractivity contribution < 1.29 is 9.18 Å². The van der Waals surface area contributed by atoms with E-state index in [2.05, 4.69) is 16.2 Å². The molecule has 1 aromatic rings. The van der Waals surface area contributed by atoms with Crippen LogP contribution in [0.25, 0.3) is 0 Å². The fraction of sp³-hybridized carbons (Fsp3) is 0.500. The molecule has 2 aliphatic rings. The van der Waals surface area contributed by atoms with Crippen LogP contribution in [0, 0.1) is 17.7 Å². The maximum atomic E-state index is 13.3. The lowest BCUT2D eigenvalue weighted by Crippen LogP contribution is -2.38. The number of anilines is 1. The number of hydrogen-bond acceptors (Lipinski definition) is 3. The summed E-state index contributed by atoms with van der Waals surface area (Å²) in [6, 6.07) is 4.80. The van der Waals surface area contributed by atoms with Crippen LogP contribution in [-0.4, -0.2) is 18.5 Å². The molecule has 1 aliphatic heterocycles. The van der Waals surface area contributed by atoms with Crippen molar-refractivity contribution in [2.45, 2.75) is 25.3 Å². The third-order valence-electron chi connectivity index (χ3n) is 4.19. The summed E-state index contributed by atoms with van der Waals surface area (Å²) >= 11 is 5.63. The van der Waals surface area contributed by atoms with Crippen molar-refractivity contribution in [2.75, 3.05) is 11.9 Å². The molecule has 0 bridgehead atoms. The number of benzene rings is 1. The van der Waals surface area contributed by atoms with Gasteiger partial charge in [0.2, 0.25) is 5.91 Å². The number of carbonyl (C=O) groups excluding carboxylic acids is 1. The second-order valence-electron chi connectivity index (χ2n) is 5.52. The first-order valence-corrected chi connectivity index (χ1v) is 7.25. The fourth-order valence-electron chi connectivity index (χ4n) is 3.06. The summed E-state index contributed by atoms with van der Waals surface area (Å²) in [7, 11) is 0. The maximum absolute atomic E-state index is 13.3. The zero-order chi connectivity index (χ0) is 14.1. The largest absolute Gasteiger partial charge is 0.326 e. The molecule has 3 N–H and O–H groups in total. The average molecular weight is 298 g/mol. The Kier molecular flexibility index (Phi) is 3.92. The first-order chi connectivity index (χ1) is 9.63. The number of fused-ring (bicyclic) bond motifs is 1. The van der Waals surface area contributed by atoms with Crippen LogP contribution in [0.3, 0.4) is 0 Å². The highest BCUT2D eigenvalue weighted by Crippen LogP contribution is 2.31. The third-order valence-corrected chi connectivity index (χ3v) is 4.50. The Morgan fingerprint density at radius 3 is 3.05 bits per heavy atom. The Balaban J connectivity index is 1.62. The van der Waals surface area contributed by atoms with Crippen LogP contribution in [0.5, 0.6) is 0 Å². The molecule has 3 rings (SSSR count). The van der Waals surface area contributed by atoms with E-state index in [4.69, 9.17) is 11.6 Å². The zero-order valence-corrected chi connectivity index (χ0v) is 11.7. The van der Waals surface area contributed by atoms with Gasteiger partial charge in [-0.25, -0.2) is 4.39 Å². The Hall–Kier alpha value is -1.17. The predicted molar refractivity (Wildman–Crippen MR) is 75.8 cm³/mol. The van der Waals surface area contributed by atoms with Gasteiger partial charge < -0.3 is 5.32 Å². The molecule has 0 radical (unpaired) electrons. The van der Waals surface area contributed by atoms with Gasteiger partial charge in [0.05, 0.1) is 5.02 Å². The fourth-order valence-corrected chi connectivity index (χ4v) is 3.17. The topological polar surface area (TPSA) is 53.2 Å². The number of amides is 1. The lowest BCUT2D eigenvalue weighted by molar-refractivity contribution is -0.121.